The molecule has 1 amide bonds. The second kappa shape index (κ2) is 8.17. The molecule has 7 heteroatoms. The second-order valence-corrected chi connectivity index (χ2v) is 5.80. The molecular weight excluding hydrogens is 332 g/mol. The van der Waals surface area contributed by atoms with E-state index in [2.05, 4.69) is 0 Å². The first-order valence-corrected chi connectivity index (χ1v) is 7.80. The first-order valence-electron chi connectivity index (χ1n) is 7.80. The van der Waals surface area contributed by atoms with Gasteiger partial charge in [0.15, 0.2) is 6.61 Å². The summed E-state index contributed by atoms with van der Waals surface area (Å²) in [5.74, 6) is 0.996. The van der Waals surface area contributed by atoms with E-state index in [4.69, 9.17) is 14.9 Å². The summed E-state index contributed by atoms with van der Waals surface area (Å²) in [4.78, 5) is 25.2. The van der Waals surface area contributed by atoms with Crippen molar-refractivity contribution < 1.29 is 13.9 Å². The molecule has 0 aliphatic carbocycles. The Morgan fingerprint density at radius 1 is 1.25 bits per heavy atom. The lowest BCUT2D eigenvalue weighted by Gasteiger charge is -2.31. The number of carbonyl (C=O) groups is 1. The van der Waals surface area contributed by atoms with Crippen LogP contribution in [0.1, 0.15) is 12.8 Å². The number of hydrogen-bond acceptors (Lipinski definition) is 5. The molecule has 0 saturated carbocycles. The molecule has 2 heterocycles. The normalized spacial score (nSPS) is 15.1. The van der Waals surface area contributed by atoms with Gasteiger partial charge in [0.25, 0.3) is 5.91 Å². The fourth-order valence-electron chi connectivity index (χ4n) is 2.79. The molecule has 6 nitrogen and oxygen atoms in total. The predicted octanol–water partition coefficient (Wildman–Crippen LogP) is 1.79. The molecule has 3 rings (SSSR count). The minimum Gasteiger partial charge on any atom is -0.484 e. The molecule has 1 aliphatic rings. The van der Waals surface area contributed by atoms with Crippen molar-refractivity contribution in [1.29, 1.82) is 0 Å². The molecule has 130 valence electrons. The quantitative estimate of drug-likeness (QED) is 0.848. The first kappa shape index (κ1) is 18.3. The van der Waals surface area contributed by atoms with Gasteiger partial charge in [0.1, 0.15) is 11.3 Å². The van der Waals surface area contributed by atoms with E-state index in [0.29, 0.717) is 23.8 Å². The zero-order valence-corrected chi connectivity index (χ0v) is 14.1. The lowest BCUT2D eigenvalue weighted by Crippen LogP contribution is -2.42. The molecule has 2 N–H and O–H groups in total. The number of nitrogens with two attached hydrogens (primary N) is 1. The number of piperidine rings is 1. The molecule has 1 aliphatic heterocycles. The Kier molecular flexibility index (Phi) is 6.23. The maximum atomic E-state index is 12.2. The van der Waals surface area contributed by atoms with Crippen LogP contribution in [-0.2, 0) is 4.79 Å². The van der Waals surface area contributed by atoms with Gasteiger partial charge in [0.2, 0.25) is 0 Å². The van der Waals surface area contributed by atoms with Crippen LogP contribution in [0, 0.1) is 5.92 Å². The van der Waals surface area contributed by atoms with Crippen molar-refractivity contribution in [3.05, 3.63) is 40.8 Å². The van der Waals surface area contributed by atoms with E-state index in [0.717, 1.165) is 31.3 Å². The summed E-state index contributed by atoms with van der Waals surface area (Å²) in [6, 6.07) is 8.25. The highest BCUT2D eigenvalue weighted by atomic mass is 35.5. The molecule has 1 fully saturated rings. The molecule has 1 aromatic carbocycles. The molecule has 2 aromatic rings. The van der Waals surface area contributed by atoms with Gasteiger partial charge in [-0.05, 0) is 43.5 Å². The molecule has 0 spiro atoms. The number of likely N-dealkylation sites (tertiary alicyclic amines) is 1. The number of fused-ring (bicyclic) bond motifs is 1. The van der Waals surface area contributed by atoms with Crippen molar-refractivity contribution in [1.82, 2.24) is 4.90 Å². The zero-order valence-electron chi connectivity index (χ0n) is 13.3. The maximum absolute atomic E-state index is 12.2. The Morgan fingerprint density at radius 3 is 2.67 bits per heavy atom. The third-order valence-electron chi connectivity index (χ3n) is 4.26. The lowest BCUT2D eigenvalue weighted by atomic mass is 9.97. The Bertz CT molecular complexity index is 754. The van der Waals surface area contributed by atoms with E-state index >= 15 is 0 Å². The molecule has 24 heavy (non-hydrogen) atoms. The number of ether oxygens (including phenoxy) is 1. The van der Waals surface area contributed by atoms with E-state index in [1.165, 1.54) is 6.07 Å². The average molecular weight is 353 g/mol. The van der Waals surface area contributed by atoms with Crippen LogP contribution in [-0.4, -0.2) is 37.0 Å². The summed E-state index contributed by atoms with van der Waals surface area (Å²) in [5, 5.41) is 0.812. The molecule has 1 aromatic heterocycles. The summed E-state index contributed by atoms with van der Waals surface area (Å²) in [6.45, 7) is 2.13. The fourth-order valence-corrected chi connectivity index (χ4v) is 2.79. The highest BCUT2D eigenvalue weighted by Gasteiger charge is 2.22. The summed E-state index contributed by atoms with van der Waals surface area (Å²) < 4.78 is 10.7. The first-order chi connectivity index (χ1) is 11.2. The smallest absolute Gasteiger partial charge is 0.336 e. The second-order valence-electron chi connectivity index (χ2n) is 5.80. The number of nitrogens with zero attached hydrogens (tertiary/aromatic N) is 1. The molecular formula is C17H21ClN2O4. The summed E-state index contributed by atoms with van der Waals surface area (Å²) in [7, 11) is 0. The fraction of sp³-hybridized carbons (Fsp3) is 0.412. The van der Waals surface area contributed by atoms with E-state index in [-0.39, 0.29) is 24.9 Å². The molecule has 0 unspecified atom stereocenters. The molecule has 1 saturated heterocycles. The zero-order chi connectivity index (χ0) is 16.2. The van der Waals surface area contributed by atoms with Gasteiger partial charge < -0.3 is 19.8 Å². The summed E-state index contributed by atoms with van der Waals surface area (Å²) in [5.41, 5.74) is 5.70. The highest BCUT2D eigenvalue weighted by Crippen LogP contribution is 2.20. The Labute approximate surface area is 146 Å². The van der Waals surface area contributed by atoms with Crippen molar-refractivity contribution >= 4 is 29.3 Å². The maximum Gasteiger partial charge on any atom is 0.336 e. The van der Waals surface area contributed by atoms with Gasteiger partial charge in [-0.2, -0.15) is 0 Å². The Hall–Kier alpha value is -2.05. The van der Waals surface area contributed by atoms with Crippen LogP contribution in [0.3, 0.4) is 0 Å². The molecule has 0 atom stereocenters. The molecule has 0 bridgehead atoms. The van der Waals surface area contributed by atoms with Crippen LogP contribution in [0.2, 0.25) is 0 Å². The summed E-state index contributed by atoms with van der Waals surface area (Å²) >= 11 is 0. The number of halogens is 1. The van der Waals surface area contributed by atoms with Crippen molar-refractivity contribution in [2.45, 2.75) is 12.8 Å². The molecule has 0 radical (unpaired) electrons. The third kappa shape index (κ3) is 4.27. The standard InChI is InChI=1S/C17H20N2O4.ClH/c18-10-12-5-7-19(8-6-12)16(20)11-22-14-3-1-13-2-4-17(21)23-15(13)9-14;/h1-4,9,12H,5-8,10-11,18H2;1H. The van der Waals surface area contributed by atoms with Crippen LogP contribution in [0.15, 0.2) is 39.5 Å². The van der Waals surface area contributed by atoms with E-state index in [1.807, 2.05) is 4.90 Å². The van der Waals surface area contributed by atoms with Gasteiger partial charge in [-0.1, -0.05) is 0 Å². The van der Waals surface area contributed by atoms with Crippen LogP contribution in [0.4, 0.5) is 0 Å². The van der Waals surface area contributed by atoms with Crippen LogP contribution in [0.5, 0.6) is 5.75 Å². The van der Waals surface area contributed by atoms with Crippen molar-refractivity contribution in [2.24, 2.45) is 11.7 Å². The van der Waals surface area contributed by atoms with Gasteiger partial charge in [-0.25, -0.2) is 4.79 Å². The summed E-state index contributed by atoms with van der Waals surface area (Å²) in [6.07, 6.45) is 1.90. The minimum atomic E-state index is -0.409. The van der Waals surface area contributed by atoms with E-state index < -0.39 is 5.63 Å². The van der Waals surface area contributed by atoms with Gasteiger partial charge in [-0.15, -0.1) is 12.4 Å². The number of benzene rings is 1. The van der Waals surface area contributed by atoms with Gasteiger partial charge >= 0.3 is 5.63 Å². The average Bonchev–Trinajstić information content (AvgIpc) is 2.59. The lowest BCUT2D eigenvalue weighted by molar-refractivity contribution is -0.134. The number of amides is 1. The monoisotopic (exact) mass is 352 g/mol. The van der Waals surface area contributed by atoms with Gasteiger partial charge in [-0.3, -0.25) is 4.79 Å². The van der Waals surface area contributed by atoms with Crippen LogP contribution in [0.25, 0.3) is 11.0 Å². The highest BCUT2D eigenvalue weighted by molar-refractivity contribution is 5.85. The van der Waals surface area contributed by atoms with Crippen LogP contribution < -0.4 is 16.1 Å². The van der Waals surface area contributed by atoms with Gasteiger partial charge in [0.05, 0.1) is 0 Å². The van der Waals surface area contributed by atoms with E-state index in [1.54, 1.807) is 24.3 Å². The number of rotatable bonds is 4. The van der Waals surface area contributed by atoms with Crippen molar-refractivity contribution in [3.63, 3.8) is 0 Å². The minimum absolute atomic E-state index is 0. The topological polar surface area (TPSA) is 85.8 Å². The predicted molar refractivity (Wildman–Crippen MR) is 93.6 cm³/mol. The SMILES string of the molecule is Cl.NCC1CCN(C(=O)COc2ccc3ccc(=O)oc3c2)CC1. The van der Waals surface area contributed by atoms with Crippen LogP contribution >= 0.6 is 12.4 Å². The van der Waals surface area contributed by atoms with Gasteiger partial charge in [0, 0.05) is 30.6 Å². The number of carbonyl (C=O) groups excluding carboxylic acids is 1. The largest absolute Gasteiger partial charge is 0.484 e. The third-order valence-corrected chi connectivity index (χ3v) is 4.26. The number of hydrogen-bond donors (Lipinski definition) is 1. The Balaban J connectivity index is 0.00000208. The van der Waals surface area contributed by atoms with E-state index in [9.17, 15) is 9.59 Å². The van der Waals surface area contributed by atoms with Crippen molar-refractivity contribution in [2.75, 3.05) is 26.2 Å². The van der Waals surface area contributed by atoms with Crippen molar-refractivity contribution in [3.8, 4) is 5.75 Å². The Morgan fingerprint density at radius 2 is 1.96 bits per heavy atom.